The highest BCUT2D eigenvalue weighted by Crippen LogP contribution is 2.44. The lowest BCUT2D eigenvalue weighted by Gasteiger charge is -2.34. The van der Waals surface area contributed by atoms with E-state index >= 15 is 0 Å². The van der Waals surface area contributed by atoms with Gasteiger partial charge < -0.3 is 9.47 Å². The van der Waals surface area contributed by atoms with Crippen LogP contribution in [0.2, 0.25) is 0 Å². The van der Waals surface area contributed by atoms with E-state index in [1.807, 2.05) is 11.8 Å². The molecule has 3 aliphatic rings. The number of allylic oxidation sites excluding steroid dienone is 4. The summed E-state index contributed by atoms with van der Waals surface area (Å²) in [6.07, 6.45) is 12.7. The van der Waals surface area contributed by atoms with Crippen LogP contribution in [0.3, 0.4) is 0 Å². The maximum absolute atomic E-state index is 13.4. The molecular formula is C29H31NO6S2. The zero-order valence-corrected chi connectivity index (χ0v) is 22.5. The maximum atomic E-state index is 13.4. The predicted octanol–water partition coefficient (Wildman–Crippen LogP) is 4.73. The van der Waals surface area contributed by atoms with E-state index in [2.05, 4.69) is 54.6 Å². The van der Waals surface area contributed by atoms with Gasteiger partial charge in [-0.05, 0) is 61.1 Å². The summed E-state index contributed by atoms with van der Waals surface area (Å²) < 4.78 is 36.1. The zero-order valence-electron chi connectivity index (χ0n) is 20.9. The fourth-order valence-corrected chi connectivity index (χ4v) is 8.33. The number of amides is 1. The van der Waals surface area contributed by atoms with Crippen LogP contribution < -0.4 is 10.2 Å². The number of carbonyl (C=O) groups excluding carboxylic acids is 1. The number of fused-ring (bicyclic) bond motifs is 1. The van der Waals surface area contributed by atoms with Gasteiger partial charge in [-0.3, -0.25) is 10.0 Å². The Bertz CT molecular complexity index is 1360. The molecule has 1 amide bonds. The number of benzene rings is 2. The van der Waals surface area contributed by atoms with E-state index in [0.717, 1.165) is 12.8 Å². The Morgan fingerprint density at radius 1 is 1.11 bits per heavy atom. The zero-order chi connectivity index (χ0) is 26.6. The molecule has 0 radical (unpaired) electrons. The lowest BCUT2D eigenvalue weighted by Crippen LogP contribution is -2.54. The monoisotopic (exact) mass is 553 g/mol. The van der Waals surface area contributed by atoms with Crippen molar-refractivity contribution < 1.29 is 27.9 Å². The van der Waals surface area contributed by atoms with Gasteiger partial charge in [-0.25, -0.2) is 13.9 Å². The molecule has 2 atom stereocenters. The van der Waals surface area contributed by atoms with Crippen LogP contribution in [-0.2, 0) is 25.8 Å². The highest BCUT2D eigenvalue weighted by molar-refractivity contribution is 8.09. The van der Waals surface area contributed by atoms with Crippen LogP contribution in [0, 0.1) is 5.92 Å². The van der Waals surface area contributed by atoms with Gasteiger partial charge in [0.1, 0.15) is 5.75 Å². The first kappa shape index (κ1) is 26.7. The van der Waals surface area contributed by atoms with Crippen molar-refractivity contribution in [1.82, 2.24) is 5.48 Å². The van der Waals surface area contributed by atoms with E-state index < -0.39 is 20.5 Å². The molecule has 2 heterocycles. The van der Waals surface area contributed by atoms with Crippen molar-refractivity contribution in [3.8, 4) is 5.75 Å². The molecule has 5 rings (SSSR count). The molecule has 2 aromatic carbocycles. The largest absolute Gasteiger partial charge is 0.494 e. The molecule has 38 heavy (non-hydrogen) atoms. The first-order valence-corrected chi connectivity index (χ1v) is 15.1. The fourth-order valence-electron chi connectivity index (χ4n) is 5.10. The Labute approximate surface area is 227 Å². The minimum atomic E-state index is -4.05. The van der Waals surface area contributed by atoms with Crippen molar-refractivity contribution in [2.45, 2.75) is 40.6 Å². The number of hydroxylamine groups is 1. The van der Waals surface area contributed by atoms with Crippen LogP contribution in [0.4, 0.5) is 0 Å². The Morgan fingerprint density at radius 3 is 2.61 bits per heavy atom. The van der Waals surface area contributed by atoms with Crippen LogP contribution in [0.25, 0.3) is 4.91 Å². The minimum absolute atomic E-state index is 0.0112. The number of ether oxygens (including phenoxy) is 2. The summed E-state index contributed by atoms with van der Waals surface area (Å²) in [6, 6.07) is 14.7. The lowest BCUT2D eigenvalue weighted by molar-refractivity contribution is -0.134. The fraction of sp³-hybridized carbons (Fsp3) is 0.345. The number of carbonyl (C=O) groups is 1. The normalized spacial score (nSPS) is 22.0. The predicted molar refractivity (Wildman–Crippen MR) is 148 cm³/mol. The first-order chi connectivity index (χ1) is 18.4. The summed E-state index contributed by atoms with van der Waals surface area (Å²) in [4.78, 5) is 13.7. The second-order valence-electron chi connectivity index (χ2n) is 9.64. The van der Waals surface area contributed by atoms with Gasteiger partial charge in [0.2, 0.25) is 0 Å². The van der Waals surface area contributed by atoms with Gasteiger partial charge in [0.15, 0.2) is 14.6 Å². The summed E-state index contributed by atoms with van der Waals surface area (Å²) in [5.41, 5.74) is 4.03. The molecule has 1 fully saturated rings. The molecule has 2 aromatic rings. The van der Waals surface area contributed by atoms with Crippen LogP contribution in [0.15, 0.2) is 83.8 Å². The Morgan fingerprint density at radius 2 is 1.87 bits per heavy atom. The van der Waals surface area contributed by atoms with Crippen molar-refractivity contribution in [2.75, 3.05) is 19.8 Å². The van der Waals surface area contributed by atoms with E-state index in [4.69, 9.17) is 9.47 Å². The third kappa shape index (κ3) is 5.33. The van der Waals surface area contributed by atoms with Crippen molar-refractivity contribution in [3.63, 3.8) is 0 Å². The number of hydrogen-bond donors (Lipinski definition) is 2. The van der Waals surface area contributed by atoms with Crippen molar-refractivity contribution >= 4 is 32.4 Å². The summed E-state index contributed by atoms with van der Waals surface area (Å²) in [5.74, 6) is 0.0917. The quantitative estimate of drug-likeness (QED) is 0.263. The summed E-state index contributed by atoms with van der Waals surface area (Å²) in [5, 5.41) is 9.68. The molecular weight excluding hydrogens is 522 g/mol. The van der Waals surface area contributed by atoms with Crippen LogP contribution >= 0.6 is 11.8 Å². The number of rotatable bonds is 9. The molecule has 0 spiro atoms. The van der Waals surface area contributed by atoms with E-state index in [0.29, 0.717) is 23.5 Å². The van der Waals surface area contributed by atoms with Gasteiger partial charge in [-0.1, -0.05) is 54.6 Å². The van der Waals surface area contributed by atoms with Gasteiger partial charge in [-0.15, -0.1) is 11.8 Å². The van der Waals surface area contributed by atoms with Gasteiger partial charge in [0.05, 0.1) is 11.5 Å². The van der Waals surface area contributed by atoms with E-state index in [1.165, 1.54) is 33.6 Å². The van der Waals surface area contributed by atoms with Crippen LogP contribution in [0.1, 0.15) is 30.4 Å². The minimum Gasteiger partial charge on any atom is -0.494 e. The van der Waals surface area contributed by atoms with Crippen LogP contribution in [-0.4, -0.2) is 49.3 Å². The topological polar surface area (TPSA) is 102 Å². The highest BCUT2D eigenvalue weighted by Gasteiger charge is 2.52. The Balaban J connectivity index is 1.16. The summed E-state index contributed by atoms with van der Waals surface area (Å²) in [6.45, 7) is 0.744. The maximum Gasteiger partial charge on any atom is 0.265 e. The summed E-state index contributed by atoms with van der Waals surface area (Å²) in [7, 11) is -4.05. The molecule has 2 aliphatic heterocycles. The molecule has 7 nitrogen and oxygen atoms in total. The molecule has 9 heteroatoms. The van der Waals surface area contributed by atoms with Crippen LogP contribution in [0.5, 0.6) is 5.75 Å². The molecule has 0 bridgehead atoms. The van der Waals surface area contributed by atoms with Gasteiger partial charge in [0, 0.05) is 29.3 Å². The van der Waals surface area contributed by atoms with E-state index in [9.17, 15) is 18.4 Å². The van der Waals surface area contributed by atoms with Gasteiger partial charge in [-0.2, -0.15) is 0 Å². The third-order valence-electron chi connectivity index (χ3n) is 7.29. The Kier molecular flexibility index (Phi) is 8.09. The molecule has 2 unspecified atom stereocenters. The first-order valence-electron chi connectivity index (χ1n) is 12.8. The SMILES string of the molecule is O=C(NO)C1(S(=O)(=O)c2ccc(OCCCc3cccc(C4=CC5C=CC=CC5S4)c3)cc2)CCOCC1. The van der Waals surface area contributed by atoms with Crippen molar-refractivity contribution in [2.24, 2.45) is 5.92 Å². The third-order valence-corrected chi connectivity index (χ3v) is 11.2. The number of aryl methyl sites for hydroxylation is 1. The van der Waals surface area contributed by atoms with Gasteiger partial charge >= 0.3 is 0 Å². The lowest BCUT2D eigenvalue weighted by atomic mass is 9.98. The smallest absolute Gasteiger partial charge is 0.265 e. The molecule has 1 aliphatic carbocycles. The second kappa shape index (κ2) is 11.5. The number of hydrogen-bond acceptors (Lipinski definition) is 7. The number of thioether (sulfide) groups is 1. The highest BCUT2D eigenvalue weighted by atomic mass is 32.2. The molecule has 2 N–H and O–H groups in total. The van der Waals surface area contributed by atoms with E-state index in [1.54, 1.807) is 12.1 Å². The Hall–Kier alpha value is -2.85. The average molecular weight is 554 g/mol. The average Bonchev–Trinajstić information content (AvgIpc) is 3.40. The van der Waals surface area contributed by atoms with Crippen molar-refractivity contribution in [1.29, 1.82) is 0 Å². The number of sulfone groups is 1. The van der Waals surface area contributed by atoms with Crippen molar-refractivity contribution in [3.05, 3.63) is 90.0 Å². The standard InChI is InChI=1S/C29H31NO6S2/c31-28(30-32)29(14-17-35-18-15-29)38(33,34)25-12-10-24(11-13-25)36-16-4-6-21-5-3-8-22(19-21)27-20-23-7-1-2-9-26(23)37-27/h1-3,5,7-13,19-20,23,26,32H,4,6,14-18H2,(H,30,31). The second-order valence-corrected chi connectivity index (χ2v) is 13.1. The molecule has 200 valence electrons. The summed E-state index contributed by atoms with van der Waals surface area (Å²) >= 11 is 1.91. The molecule has 0 aromatic heterocycles. The number of nitrogens with one attached hydrogen (secondary N) is 1. The van der Waals surface area contributed by atoms with Gasteiger partial charge in [0.25, 0.3) is 5.91 Å². The molecule has 0 saturated carbocycles. The van der Waals surface area contributed by atoms with E-state index in [-0.39, 0.29) is 31.0 Å². The molecule has 1 saturated heterocycles.